The minimum absolute atomic E-state index is 0.00496. The SMILES string of the molecule is CC(C)CCC[C@@H](C)C1Cc2nnc3c4c2C1(C)CCC4C1(C)CC[C@H](OC(=O)c2ccccc2)C[C@@H]1C3. The van der Waals surface area contributed by atoms with Gasteiger partial charge in [-0.25, -0.2) is 4.79 Å². The Balaban J connectivity index is 1.24. The van der Waals surface area contributed by atoms with Crippen molar-refractivity contribution in [3.05, 3.63) is 58.4 Å². The van der Waals surface area contributed by atoms with Gasteiger partial charge >= 0.3 is 5.97 Å². The Kier molecular flexibility index (Phi) is 6.68. The molecular formula is C34H46N2O2. The van der Waals surface area contributed by atoms with Crippen LogP contribution in [-0.2, 0) is 23.0 Å². The van der Waals surface area contributed by atoms with E-state index in [4.69, 9.17) is 14.9 Å². The quantitative estimate of drug-likeness (QED) is 0.353. The number of benzene rings is 1. The second-order valence-corrected chi connectivity index (χ2v) is 14.1. The van der Waals surface area contributed by atoms with Gasteiger partial charge in [0.2, 0.25) is 0 Å². The van der Waals surface area contributed by atoms with Gasteiger partial charge in [-0.05, 0) is 109 Å². The summed E-state index contributed by atoms with van der Waals surface area (Å²) in [5, 5.41) is 9.83. The van der Waals surface area contributed by atoms with Crippen molar-refractivity contribution in [2.75, 3.05) is 0 Å². The normalized spacial score (nSPS) is 33.9. The maximum atomic E-state index is 12.8. The molecule has 0 bridgehead atoms. The Morgan fingerprint density at radius 3 is 2.53 bits per heavy atom. The molecule has 0 aliphatic heterocycles. The molecule has 1 aromatic heterocycles. The predicted octanol–water partition coefficient (Wildman–Crippen LogP) is 7.83. The lowest BCUT2D eigenvalue weighted by Gasteiger charge is -2.56. The molecule has 2 aromatic rings. The van der Waals surface area contributed by atoms with E-state index >= 15 is 0 Å². The fourth-order valence-electron chi connectivity index (χ4n) is 9.18. The molecule has 4 nitrogen and oxygen atoms in total. The summed E-state index contributed by atoms with van der Waals surface area (Å²) in [4.78, 5) is 12.8. The number of ether oxygens (including phenoxy) is 1. The minimum Gasteiger partial charge on any atom is -0.459 e. The molecule has 4 heteroatoms. The number of carbonyl (C=O) groups is 1. The molecule has 4 aliphatic rings. The summed E-state index contributed by atoms with van der Waals surface area (Å²) in [6, 6.07) is 9.43. The summed E-state index contributed by atoms with van der Waals surface area (Å²) >= 11 is 0. The Labute approximate surface area is 229 Å². The Hall–Kier alpha value is -2.23. The maximum Gasteiger partial charge on any atom is 0.338 e. The molecular weight excluding hydrogens is 468 g/mol. The molecule has 0 amide bonds. The van der Waals surface area contributed by atoms with Crippen molar-refractivity contribution in [2.24, 2.45) is 29.1 Å². The van der Waals surface area contributed by atoms with E-state index in [1.807, 2.05) is 30.3 Å². The first-order valence-corrected chi connectivity index (χ1v) is 15.4. The van der Waals surface area contributed by atoms with Crippen LogP contribution in [0.5, 0.6) is 0 Å². The second-order valence-electron chi connectivity index (χ2n) is 14.1. The number of esters is 1. The first-order chi connectivity index (χ1) is 18.2. The van der Waals surface area contributed by atoms with Gasteiger partial charge in [-0.2, -0.15) is 10.2 Å². The summed E-state index contributed by atoms with van der Waals surface area (Å²) in [5.41, 5.74) is 6.91. The largest absolute Gasteiger partial charge is 0.459 e. The first-order valence-electron chi connectivity index (χ1n) is 15.4. The molecule has 6 rings (SSSR count). The molecule has 1 heterocycles. The van der Waals surface area contributed by atoms with Crippen molar-refractivity contribution in [3.8, 4) is 0 Å². The number of aromatic nitrogens is 2. The third-order valence-corrected chi connectivity index (χ3v) is 11.4. The van der Waals surface area contributed by atoms with Gasteiger partial charge in [-0.3, -0.25) is 0 Å². The smallest absolute Gasteiger partial charge is 0.338 e. The highest BCUT2D eigenvalue weighted by molar-refractivity contribution is 5.89. The monoisotopic (exact) mass is 514 g/mol. The molecule has 38 heavy (non-hydrogen) atoms. The van der Waals surface area contributed by atoms with Gasteiger partial charge in [-0.15, -0.1) is 0 Å². The molecule has 1 fully saturated rings. The van der Waals surface area contributed by atoms with Crippen LogP contribution in [0.3, 0.4) is 0 Å². The zero-order chi connectivity index (χ0) is 26.7. The Morgan fingerprint density at radius 2 is 1.76 bits per heavy atom. The number of rotatable bonds is 7. The highest BCUT2D eigenvalue weighted by Crippen LogP contribution is 2.65. The zero-order valence-corrected chi connectivity index (χ0v) is 24.1. The number of hydrogen-bond acceptors (Lipinski definition) is 4. The van der Waals surface area contributed by atoms with Gasteiger partial charge < -0.3 is 4.74 Å². The molecule has 0 N–H and O–H groups in total. The van der Waals surface area contributed by atoms with Crippen molar-refractivity contribution in [2.45, 2.75) is 116 Å². The molecule has 4 unspecified atom stereocenters. The van der Waals surface area contributed by atoms with Gasteiger partial charge in [0, 0.05) is 0 Å². The van der Waals surface area contributed by atoms with Crippen LogP contribution in [0, 0.1) is 29.1 Å². The lowest BCUT2D eigenvalue weighted by molar-refractivity contribution is -0.0332. The second kappa shape index (κ2) is 9.75. The van der Waals surface area contributed by atoms with Crippen LogP contribution >= 0.6 is 0 Å². The van der Waals surface area contributed by atoms with Crippen molar-refractivity contribution < 1.29 is 9.53 Å². The van der Waals surface area contributed by atoms with E-state index in [1.54, 1.807) is 11.1 Å². The van der Waals surface area contributed by atoms with Gasteiger partial charge in [0.15, 0.2) is 0 Å². The maximum absolute atomic E-state index is 12.8. The third kappa shape index (κ3) is 4.21. The summed E-state index contributed by atoms with van der Waals surface area (Å²) in [6.07, 6.45) is 11.6. The lowest BCUT2D eigenvalue weighted by Crippen LogP contribution is -2.49. The topological polar surface area (TPSA) is 52.1 Å². The standard InChI is InChI=1S/C34H46N2O2/c1-21(2)10-9-11-22(3)27-20-29-31-30-26(15-17-34(27,31)5)33(4)16-14-25(18-24(33)19-28(30)35-36-29)38-32(37)23-12-7-6-8-13-23/h6-8,12-13,21-22,24-27H,9-11,14-20H2,1-5H3/t22-,24-,25+,26?,27?,33?,34?/m1/s1. The van der Waals surface area contributed by atoms with Crippen molar-refractivity contribution >= 4 is 5.97 Å². The molecule has 1 saturated carbocycles. The highest BCUT2D eigenvalue weighted by atomic mass is 16.5. The highest BCUT2D eigenvalue weighted by Gasteiger charge is 2.58. The molecule has 0 saturated heterocycles. The van der Waals surface area contributed by atoms with E-state index in [9.17, 15) is 4.79 Å². The summed E-state index contributed by atoms with van der Waals surface area (Å²) in [6.45, 7) is 12.3. The average molecular weight is 515 g/mol. The number of fused-ring (bicyclic) bond motifs is 2. The van der Waals surface area contributed by atoms with E-state index in [2.05, 4.69) is 34.6 Å². The average Bonchev–Trinajstić information content (AvgIpc) is 3.21. The van der Waals surface area contributed by atoms with Crippen molar-refractivity contribution in [3.63, 3.8) is 0 Å². The summed E-state index contributed by atoms with van der Waals surface area (Å²) in [5.74, 6) is 3.07. The van der Waals surface area contributed by atoms with E-state index in [0.29, 0.717) is 23.3 Å². The van der Waals surface area contributed by atoms with E-state index in [-0.39, 0.29) is 22.9 Å². The van der Waals surface area contributed by atoms with Crippen molar-refractivity contribution in [1.29, 1.82) is 0 Å². The van der Waals surface area contributed by atoms with Gasteiger partial charge in [-0.1, -0.05) is 72.1 Å². The van der Waals surface area contributed by atoms with Crippen LogP contribution in [0.1, 0.15) is 125 Å². The first kappa shape index (κ1) is 26.0. The van der Waals surface area contributed by atoms with Crippen LogP contribution in [0.4, 0.5) is 0 Å². The van der Waals surface area contributed by atoms with Crippen molar-refractivity contribution in [1.82, 2.24) is 10.2 Å². The van der Waals surface area contributed by atoms with Crippen LogP contribution < -0.4 is 0 Å². The van der Waals surface area contributed by atoms with Crippen LogP contribution in [0.2, 0.25) is 0 Å². The Bertz CT molecular complexity index is 1190. The van der Waals surface area contributed by atoms with Crippen LogP contribution in [0.25, 0.3) is 0 Å². The van der Waals surface area contributed by atoms with E-state index in [0.717, 1.165) is 43.9 Å². The molecule has 0 radical (unpaired) electrons. The summed E-state index contributed by atoms with van der Waals surface area (Å²) < 4.78 is 6.04. The van der Waals surface area contributed by atoms with Gasteiger partial charge in [0.25, 0.3) is 0 Å². The van der Waals surface area contributed by atoms with E-state index in [1.165, 1.54) is 43.5 Å². The van der Waals surface area contributed by atoms with E-state index < -0.39 is 0 Å². The number of carbonyl (C=O) groups excluding carboxylic acids is 1. The molecule has 0 spiro atoms. The lowest BCUT2D eigenvalue weighted by atomic mass is 9.49. The number of hydrogen-bond donors (Lipinski definition) is 0. The van der Waals surface area contributed by atoms with Crippen LogP contribution in [0.15, 0.2) is 30.3 Å². The molecule has 7 atom stereocenters. The molecule has 4 aliphatic carbocycles. The fourth-order valence-corrected chi connectivity index (χ4v) is 9.18. The summed E-state index contributed by atoms with van der Waals surface area (Å²) in [7, 11) is 0. The fraction of sp³-hybridized carbons (Fsp3) is 0.676. The predicted molar refractivity (Wildman–Crippen MR) is 151 cm³/mol. The Morgan fingerprint density at radius 1 is 1.00 bits per heavy atom. The van der Waals surface area contributed by atoms with Crippen LogP contribution in [-0.4, -0.2) is 22.3 Å². The van der Waals surface area contributed by atoms with Gasteiger partial charge in [0.1, 0.15) is 6.10 Å². The third-order valence-electron chi connectivity index (χ3n) is 11.4. The number of nitrogens with zero attached hydrogens (tertiary/aromatic N) is 2. The minimum atomic E-state index is -0.185. The molecule has 1 aromatic carbocycles. The van der Waals surface area contributed by atoms with Gasteiger partial charge in [0.05, 0.1) is 17.0 Å². The zero-order valence-electron chi connectivity index (χ0n) is 24.1. The molecule has 204 valence electrons.